The van der Waals surface area contributed by atoms with Gasteiger partial charge in [-0.2, -0.15) is 0 Å². The Bertz CT molecular complexity index is 302. The van der Waals surface area contributed by atoms with Crippen LogP contribution in [0.3, 0.4) is 0 Å². The van der Waals surface area contributed by atoms with Crippen molar-refractivity contribution >= 4 is 16.6 Å². The SMILES string of the molecule is CC(C)(CO[Si](C)(C)C(C)(C)C)CO[Si](C)(C)C(C)(C)C. The van der Waals surface area contributed by atoms with E-state index in [0.717, 1.165) is 13.2 Å². The first-order valence-electron chi connectivity index (χ1n) is 8.19. The van der Waals surface area contributed by atoms with E-state index >= 15 is 0 Å². The van der Waals surface area contributed by atoms with Crippen molar-refractivity contribution in [1.82, 2.24) is 0 Å². The van der Waals surface area contributed by atoms with Gasteiger partial charge in [-0.25, -0.2) is 0 Å². The highest BCUT2D eigenvalue weighted by atomic mass is 28.4. The van der Waals surface area contributed by atoms with Crippen molar-refractivity contribution in [3.8, 4) is 0 Å². The first-order chi connectivity index (χ1) is 8.91. The molecule has 0 radical (unpaired) electrons. The van der Waals surface area contributed by atoms with Crippen LogP contribution < -0.4 is 0 Å². The van der Waals surface area contributed by atoms with E-state index in [1.165, 1.54) is 0 Å². The fourth-order valence-electron chi connectivity index (χ4n) is 1.23. The van der Waals surface area contributed by atoms with Gasteiger partial charge in [-0.05, 0) is 36.3 Å². The Kier molecular flexibility index (Phi) is 6.57. The molecule has 0 aromatic rings. The lowest BCUT2D eigenvalue weighted by atomic mass is 9.97. The van der Waals surface area contributed by atoms with Crippen molar-refractivity contribution in [3.05, 3.63) is 0 Å². The summed E-state index contributed by atoms with van der Waals surface area (Å²) in [5.41, 5.74) is 0.0744. The van der Waals surface area contributed by atoms with Gasteiger partial charge in [-0.3, -0.25) is 0 Å². The second-order valence-corrected chi connectivity index (χ2v) is 19.9. The lowest BCUT2D eigenvalue weighted by Gasteiger charge is -2.41. The van der Waals surface area contributed by atoms with E-state index in [9.17, 15) is 0 Å². The molecule has 0 aliphatic rings. The molecule has 4 heteroatoms. The largest absolute Gasteiger partial charge is 0.416 e. The van der Waals surface area contributed by atoms with Gasteiger partial charge in [0.1, 0.15) is 0 Å². The van der Waals surface area contributed by atoms with Crippen LogP contribution in [-0.2, 0) is 8.85 Å². The minimum absolute atomic E-state index is 0.0744. The lowest BCUT2D eigenvalue weighted by Crippen LogP contribution is -2.46. The van der Waals surface area contributed by atoms with Crippen LogP contribution in [0.2, 0.25) is 36.3 Å². The zero-order chi connectivity index (χ0) is 17.3. The molecule has 0 rings (SSSR count). The summed E-state index contributed by atoms with van der Waals surface area (Å²) in [5.74, 6) is 0. The summed E-state index contributed by atoms with van der Waals surface area (Å²) in [4.78, 5) is 0. The zero-order valence-electron chi connectivity index (χ0n) is 16.7. The predicted octanol–water partition coefficient (Wildman–Crippen LogP) is 6.06. The molecule has 0 heterocycles. The van der Waals surface area contributed by atoms with Crippen LogP contribution in [-0.4, -0.2) is 29.8 Å². The molecule has 0 saturated heterocycles. The average Bonchev–Trinajstić information content (AvgIpc) is 2.21. The molecule has 0 saturated carbocycles. The molecule has 0 unspecified atom stereocenters. The van der Waals surface area contributed by atoms with E-state index in [-0.39, 0.29) is 15.5 Å². The summed E-state index contributed by atoms with van der Waals surface area (Å²) in [6.07, 6.45) is 0. The summed E-state index contributed by atoms with van der Waals surface area (Å²) >= 11 is 0. The van der Waals surface area contributed by atoms with E-state index in [1.54, 1.807) is 0 Å². The lowest BCUT2D eigenvalue weighted by molar-refractivity contribution is 0.0951. The third-order valence-corrected chi connectivity index (χ3v) is 14.2. The maximum absolute atomic E-state index is 6.38. The Labute approximate surface area is 136 Å². The number of hydrogen-bond donors (Lipinski definition) is 0. The van der Waals surface area contributed by atoms with Gasteiger partial charge < -0.3 is 8.85 Å². The number of rotatable bonds is 6. The van der Waals surface area contributed by atoms with E-state index in [2.05, 4.69) is 81.6 Å². The van der Waals surface area contributed by atoms with Gasteiger partial charge in [0.25, 0.3) is 0 Å². The molecule has 0 fully saturated rings. The van der Waals surface area contributed by atoms with Gasteiger partial charge in [-0.1, -0.05) is 55.4 Å². The van der Waals surface area contributed by atoms with Crippen molar-refractivity contribution in [2.45, 2.75) is 91.7 Å². The Morgan fingerprint density at radius 2 is 0.810 bits per heavy atom. The molecule has 0 aliphatic heterocycles. The normalized spacial score (nSPS) is 15.4. The first-order valence-corrected chi connectivity index (χ1v) is 14.0. The summed E-state index contributed by atoms with van der Waals surface area (Å²) < 4.78 is 12.8. The summed E-state index contributed by atoms with van der Waals surface area (Å²) in [5, 5.41) is 0.534. The molecule has 0 bridgehead atoms. The van der Waals surface area contributed by atoms with Crippen molar-refractivity contribution in [2.24, 2.45) is 5.41 Å². The molecule has 21 heavy (non-hydrogen) atoms. The third-order valence-electron chi connectivity index (χ3n) is 5.26. The molecule has 0 amide bonds. The summed E-state index contributed by atoms with van der Waals surface area (Å²) in [6, 6.07) is 0. The highest BCUT2D eigenvalue weighted by Crippen LogP contribution is 2.39. The van der Waals surface area contributed by atoms with Gasteiger partial charge in [-0.15, -0.1) is 0 Å². The second-order valence-electron chi connectivity index (χ2n) is 10.3. The predicted molar refractivity (Wildman–Crippen MR) is 100 cm³/mol. The molecule has 0 spiro atoms. The van der Waals surface area contributed by atoms with Crippen LogP contribution in [0.4, 0.5) is 0 Å². The average molecular weight is 333 g/mol. The molecule has 2 nitrogen and oxygen atoms in total. The molecule has 128 valence electrons. The monoisotopic (exact) mass is 332 g/mol. The topological polar surface area (TPSA) is 18.5 Å². The third kappa shape index (κ3) is 6.55. The van der Waals surface area contributed by atoms with Gasteiger partial charge >= 0.3 is 0 Å². The van der Waals surface area contributed by atoms with Gasteiger partial charge in [0.15, 0.2) is 16.6 Å². The van der Waals surface area contributed by atoms with Crippen LogP contribution in [0.15, 0.2) is 0 Å². The highest BCUT2D eigenvalue weighted by molar-refractivity contribution is 6.74. The van der Waals surface area contributed by atoms with E-state index in [1.807, 2.05) is 0 Å². The minimum atomic E-state index is -1.67. The Hall–Kier alpha value is 0.354. The van der Waals surface area contributed by atoms with E-state index in [4.69, 9.17) is 8.85 Å². The highest BCUT2D eigenvalue weighted by Gasteiger charge is 2.40. The van der Waals surface area contributed by atoms with Crippen molar-refractivity contribution in [1.29, 1.82) is 0 Å². The Morgan fingerprint density at radius 3 is 1.00 bits per heavy atom. The van der Waals surface area contributed by atoms with E-state index < -0.39 is 16.6 Å². The quantitative estimate of drug-likeness (QED) is 0.551. The van der Waals surface area contributed by atoms with Crippen LogP contribution in [0.25, 0.3) is 0 Å². The molecule has 0 atom stereocenters. The van der Waals surface area contributed by atoms with E-state index in [0.29, 0.717) is 0 Å². The van der Waals surface area contributed by atoms with Crippen LogP contribution in [0, 0.1) is 5.41 Å². The van der Waals surface area contributed by atoms with Gasteiger partial charge in [0, 0.05) is 18.6 Å². The standard InChI is InChI=1S/C17H40O2Si2/c1-15(2,3)20(9,10)18-13-17(7,8)14-19-21(11,12)16(4,5)6/h13-14H2,1-12H3. The molecule has 0 N–H and O–H groups in total. The van der Waals surface area contributed by atoms with Crippen LogP contribution >= 0.6 is 0 Å². The van der Waals surface area contributed by atoms with Crippen LogP contribution in [0.5, 0.6) is 0 Å². The maximum atomic E-state index is 6.38. The van der Waals surface area contributed by atoms with Crippen molar-refractivity contribution in [3.63, 3.8) is 0 Å². The second kappa shape index (κ2) is 6.46. The first kappa shape index (κ1) is 21.4. The smallest absolute Gasteiger partial charge is 0.192 e. The van der Waals surface area contributed by atoms with Crippen LogP contribution in [0.1, 0.15) is 55.4 Å². The minimum Gasteiger partial charge on any atom is -0.416 e. The van der Waals surface area contributed by atoms with Crippen molar-refractivity contribution in [2.75, 3.05) is 13.2 Å². The molecule has 0 aliphatic carbocycles. The van der Waals surface area contributed by atoms with Crippen molar-refractivity contribution < 1.29 is 8.85 Å². The molecular weight excluding hydrogens is 292 g/mol. The summed E-state index contributed by atoms with van der Waals surface area (Å²) in [7, 11) is -3.34. The summed E-state index contributed by atoms with van der Waals surface area (Å²) in [6.45, 7) is 29.1. The Balaban J connectivity index is 4.60. The molecule has 0 aromatic heterocycles. The molecule has 0 aromatic carbocycles. The van der Waals surface area contributed by atoms with Gasteiger partial charge in [0.05, 0.1) is 0 Å². The number of hydrogen-bond acceptors (Lipinski definition) is 2. The zero-order valence-corrected chi connectivity index (χ0v) is 18.7. The van der Waals surface area contributed by atoms with Gasteiger partial charge in [0.2, 0.25) is 0 Å². The Morgan fingerprint density at radius 1 is 0.571 bits per heavy atom. The molecular formula is C17H40O2Si2. The maximum Gasteiger partial charge on any atom is 0.192 e. The fourth-order valence-corrected chi connectivity index (χ4v) is 3.60. The fraction of sp³-hybridized carbons (Fsp3) is 1.00.